The first kappa shape index (κ1) is 11.2. The van der Waals surface area contributed by atoms with Gasteiger partial charge in [-0.05, 0) is 37.2 Å². The van der Waals surface area contributed by atoms with E-state index >= 15 is 0 Å². The Kier molecular flexibility index (Phi) is 3.31. The third kappa shape index (κ3) is 2.28. The lowest BCUT2D eigenvalue weighted by atomic mass is 10.0. The van der Waals surface area contributed by atoms with Crippen molar-refractivity contribution in [2.45, 2.75) is 13.0 Å². The molecule has 0 aliphatic rings. The summed E-state index contributed by atoms with van der Waals surface area (Å²) >= 11 is 1.57. The molecule has 16 heavy (non-hydrogen) atoms. The fourth-order valence-electron chi connectivity index (χ4n) is 1.77. The number of nitrogens with zero attached hydrogens (tertiary/aromatic N) is 1. The summed E-state index contributed by atoms with van der Waals surface area (Å²) in [5.41, 5.74) is 3.65. The minimum Gasteiger partial charge on any atom is -0.309 e. The average Bonchev–Trinajstić information content (AvgIpc) is 2.70. The number of rotatable bonds is 3. The number of benzene rings is 1. The molecular weight excluding hydrogens is 223 g/mol. The number of nitrogens with one attached hydrogen (secondary N) is 1. The van der Waals surface area contributed by atoms with Crippen molar-refractivity contribution in [1.82, 2.24) is 10.3 Å². The molecule has 0 bridgehead atoms. The predicted molar refractivity (Wildman–Crippen MR) is 64.2 cm³/mol. The number of thiazole rings is 1. The third-order valence-corrected chi connectivity index (χ3v) is 3.26. The first-order chi connectivity index (χ1) is 7.70. The Balaban J connectivity index is 2.41. The average molecular weight is 236 g/mol. The molecule has 0 fully saturated rings. The summed E-state index contributed by atoms with van der Waals surface area (Å²) in [7, 11) is 1.87. The van der Waals surface area contributed by atoms with E-state index in [-0.39, 0.29) is 11.9 Å². The Morgan fingerprint density at radius 1 is 1.38 bits per heavy atom. The maximum Gasteiger partial charge on any atom is 0.123 e. The van der Waals surface area contributed by atoms with E-state index in [1.807, 2.05) is 26.2 Å². The van der Waals surface area contributed by atoms with E-state index in [0.29, 0.717) is 0 Å². The van der Waals surface area contributed by atoms with Crippen molar-refractivity contribution in [3.05, 3.63) is 51.7 Å². The van der Waals surface area contributed by atoms with Gasteiger partial charge in [-0.25, -0.2) is 4.39 Å². The van der Waals surface area contributed by atoms with Gasteiger partial charge < -0.3 is 5.32 Å². The molecule has 1 aromatic heterocycles. The molecule has 0 spiro atoms. The summed E-state index contributed by atoms with van der Waals surface area (Å²) in [4.78, 5) is 5.14. The van der Waals surface area contributed by atoms with Crippen molar-refractivity contribution in [2.75, 3.05) is 7.05 Å². The maximum absolute atomic E-state index is 13.3. The van der Waals surface area contributed by atoms with Crippen LogP contribution in [-0.2, 0) is 0 Å². The predicted octanol–water partition coefficient (Wildman–Crippen LogP) is 2.90. The van der Waals surface area contributed by atoms with Gasteiger partial charge in [0, 0.05) is 11.1 Å². The number of aromatic nitrogens is 1. The molecule has 1 atom stereocenters. The zero-order valence-corrected chi connectivity index (χ0v) is 10.0. The van der Waals surface area contributed by atoms with Gasteiger partial charge in [-0.3, -0.25) is 4.98 Å². The largest absolute Gasteiger partial charge is 0.309 e. The van der Waals surface area contributed by atoms with Crippen LogP contribution in [0.25, 0.3) is 0 Å². The topological polar surface area (TPSA) is 24.9 Å². The molecular formula is C12H13FN2S. The molecule has 1 aromatic carbocycles. The van der Waals surface area contributed by atoms with E-state index in [1.165, 1.54) is 6.07 Å². The zero-order valence-electron chi connectivity index (χ0n) is 9.20. The zero-order chi connectivity index (χ0) is 11.5. The lowest BCUT2D eigenvalue weighted by Crippen LogP contribution is -2.16. The molecule has 0 saturated heterocycles. The molecule has 1 unspecified atom stereocenters. The highest BCUT2D eigenvalue weighted by atomic mass is 32.1. The second kappa shape index (κ2) is 4.72. The molecule has 0 saturated carbocycles. The van der Waals surface area contributed by atoms with Gasteiger partial charge in [0.2, 0.25) is 0 Å². The van der Waals surface area contributed by atoms with Crippen LogP contribution >= 0.6 is 11.3 Å². The Morgan fingerprint density at radius 3 is 2.75 bits per heavy atom. The van der Waals surface area contributed by atoms with E-state index in [2.05, 4.69) is 10.3 Å². The lowest BCUT2D eigenvalue weighted by molar-refractivity contribution is 0.616. The molecule has 1 N–H and O–H groups in total. The highest BCUT2D eigenvalue weighted by molar-refractivity contribution is 7.09. The SMILES string of the molecule is CNC(c1cc(C)cc(F)c1)c1cncs1. The first-order valence-electron chi connectivity index (χ1n) is 5.03. The monoisotopic (exact) mass is 236 g/mol. The summed E-state index contributed by atoms with van der Waals surface area (Å²) in [6.45, 7) is 1.89. The van der Waals surface area contributed by atoms with Crippen LogP contribution in [0.3, 0.4) is 0 Å². The van der Waals surface area contributed by atoms with Crippen LogP contribution < -0.4 is 5.32 Å². The molecule has 4 heteroatoms. The Bertz CT molecular complexity index is 448. The lowest BCUT2D eigenvalue weighted by Gasteiger charge is -2.15. The van der Waals surface area contributed by atoms with Crippen LogP contribution in [0.2, 0.25) is 0 Å². The second-order valence-electron chi connectivity index (χ2n) is 3.69. The van der Waals surface area contributed by atoms with E-state index in [1.54, 1.807) is 22.9 Å². The number of aryl methyl sites for hydroxylation is 1. The highest BCUT2D eigenvalue weighted by Gasteiger charge is 2.14. The van der Waals surface area contributed by atoms with E-state index < -0.39 is 0 Å². The normalized spacial score (nSPS) is 12.7. The van der Waals surface area contributed by atoms with Crippen molar-refractivity contribution >= 4 is 11.3 Å². The van der Waals surface area contributed by atoms with Gasteiger partial charge >= 0.3 is 0 Å². The van der Waals surface area contributed by atoms with Crippen molar-refractivity contribution in [2.24, 2.45) is 0 Å². The van der Waals surface area contributed by atoms with Gasteiger partial charge in [-0.1, -0.05) is 6.07 Å². The van der Waals surface area contributed by atoms with Crippen LogP contribution in [0.1, 0.15) is 22.0 Å². The van der Waals surface area contributed by atoms with Crippen LogP contribution in [0.4, 0.5) is 4.39 Å². The Labute approximate surface area is 98.2 Å². The molecule has 2 rings (SSSR count). The maximum atomic E-state index is 13.3. The number of hydrogen-bond donors (Lipinski definition) is 1. The van der Waals surface area contributed by atoms with Crippen LogP contribution in [0.5, 0.6) is 0 Å². The van der Waals surface area contributed by atoms with Gasteiger partial charge in [0.05, 0.1) is 11.6 Å². The first-order valence-corrected chi connectivity index (χ1v) is 5.91. The molecule has 1 heterocycles. The second-order valence-corrected chi connectivity index (χ2v) is 4.61. The minimum absolute atomic E-state index is 0.0156. The van der Waals surface area contributed by atoms with E-state index in [4.69, 9.17) is 0 Å². The van der Waals surface area contributed by atoms with Crippen molar-refractivity contribution in [3.63, 3.8) is 0 Å². The summed E-state index contributed by atoms with van der Waals surface area (Å²) in [6.07, 6.45) is 1.81. The summed E-state index contributed by atoms with van der Waals surface area (Å²) in [5.74, 6) is -0.195. The van der Waals surface area contributed by atoms with Gasteiger partial charge in [0.1, 0.15) is 5.82 Å². The molecule has 0 aliphatic carbocycles. The molecule has 84 valence electrons. The van der Waals surface area contributed by atoms with Crippen LogP contribution in [0, 0.1) is 12.7 Å². The van der Waals surface area contributed by atoms with Crippen molar-refractivity contribution in [3.8, 4) is 0 Å². The Hall–Kier alpha value is -1.26. The summed E-state index contributed by atoms with van der Waals surface area (Å²) < 4.78 is 13.3. The van der Waals surface area contributed by atoms with E-state index in [0.717, 1.165) is 16.0 Å². The van der Waals surface area contributed by atoms with Crippen molar-refractivity contribution in [1.29, 1.82) is 0 Å². The molecule has 0 radical (unpaired) electrons. The van der Waals surface area contributed by atoms with Crippen LogP contribution in [-0.4, -0.2) is 12.0 Å². The standard InChI is InChI=1S/C12H13FN2S/c1-8-3-9(5-10(13)4-8)12(14-2)11-6-15-7-16-11/h3-7,12,14H,1-2H3. The Morgan fingerprint density at radius 2 is 2.19 bits per heavy atom. The molecule has 0 amide bonds. The fraction of sp³-hybridized carbons (Fsp3) is 0.250. The van der Waals surface area contributed by atoms with Gasteiger partial charge in [0.25, 0.3) is 0 Å². The third-order valence-electron chi connectivity index (χ3n) is 2.42. The number of halogens is 1. The van der Waals surface area contributed by atoms with Gasteiger partial charge in [-0.2, -0.15) is 0 Å². The molecule has 2 aromatic rings. The highest BCUT2D eigenvalue weighted by Crippen LogP contribution is 2.25. The quantitative estimate of drug-likeness (QED) is 0.886. The smallest absolute Gasteiger partial charge is 0.123 e. The van der Waals surface area contributed by atoms with Gasteiger partial charge in [-0.15, -0.1) is 11.3 Å². The molecule has 2 nitrogen and oxygen atoms in total. The minimum atomic E-state index is -0.195. The molecule has 0 aliphatic heterocycles. The van der Waals surface area contributed by atoms with Crippen LogP contribution in [0.15, 0.2) is 29.9 Å². The summed E-state index contributed by atoms with van der Waals surface area (Å²) in [5, 5.41) is 3.18. The number of hydrogen-bond acceptors (Lipinski definition) is 3. The summed E-state index contributed by atoms with van der Waals surface area (Å²) in [6, 6.07) is 5.10. The fourth-order valence-corrected chi connectivity index (χ4v) is 2.53. The van der Waals surface area contributed by atoms with Crippen molar-refractivity contribution < 1.29 is 4.39 Å². The van der Waals surface area contributed by atoms with Gasteiger partial charge in [0.15, 0.2) is 0 Å². The van der Waals surface area contributed by atoms with E-state index in [9.17, 15) is 4.39 Å².